The molecule has 0 aromatic heterocycles. The molecule has 0 aliphatic carbocycles. The van der Waals surface area contributed by atoms with Gasteiger partial charge in [-0.15, -0.1) is 0 Å². The predicted molar refractivity (Wildman–Crippen MR) is 197 cm³/mol. The molecule has 2 saturated heterocycles. The van der Waals surface area contributed by atoms with E-state index in [-0.39, 0.29) is 5.54 Å². The Hall–Kier alpha value is -3.98. The maximum atomic E-state index is 2.92. The summed E-state index contributed by atoms with van der Waals surface area (Å²) in [6.07, 6.45) is 7.35. The van der Waals surface area contributed by atoms with Gasteiger partial charge < -0.3 is 4.90 Å². The van der Waals surface area contributed by atoms with Crippen LogP contribution < -0.4 is 0 Å². The van der Waals surface area contributed by atoms with Gasteiger partial charge in [0.25, 0.3) is 0 Å². The van der Waals surface area contributed by atoms with Gasteiger partial charge >= 0.3 is 0 Å². The van der Waals surface area contributed by atoms with Crippen molar-refractivity contribution in [1.82, 2.24) is 9.80 Å². The third-order valence-corrected chi connectivity index (χ3v) is 11.1. The molecule has 2 fully saturated rings. The Kier molecular flexibility index (Phi) is 9.98. The number of hydrogen-bond donors (Lipinski definition) is 0. The van der Waals surface area contributed by atoms with Crippen LogP contribution in [0.2, 0.25) is 0 Å². The second-order valence-electron chi connectivity index (χ2n) is 14.1. The zero-order valence-electron chi connectivity index (χ0n) is 28.1. The highest BCUT2D eigenvalue weighted by Crippen LogP contribution is 2.48. The Balaban J connectivity index is 1.21. The molecule has 2 nitrogen and oxygen atoms in total. The van der Waals surface area contributed by atoms with Crippen molar-refractivity contribution in [1.29, 1.82) is 0 Å². The smallest absolute Gasteiger partial charge is 0.0975 e. The summed E-state index contributed by atoms with van der Waals surface area (Å²) in [5.41, 5.74) is 8.09. The van der Waals surface area contributed by atoms with E-state index in [4.69, 9.17) is 0 Å². The SMILES string of the molecule is Cc1cccc(C2CCN(C(c3ccccc3)(c3ccccc3)c3ccccc3)C(CCN3CCC(Cc4ccccc4)CC3)C2)c1. The van der Waals surface area contributed by atoms with Gasteiger partial charge in [0.15, 0.2) is 0 Å². The van der Waals surface area contributed by atoms with Crippen molar-refractivity contribution in [2.75, 3.05) is 26.2 Å². The zero-order chi connectivity index (χ0) is 31.9. The Morgan fingerprint density at radius 3 is 1.70 bits per heavy atom. The summed E-state index contributed by atoms with van der Waals surface area (Å²) in [6, 6.07) is 54.9. The number of hydrogen-bond acceptors (Lipinski definition) is 2. The molecule has 2 heterocycles. The normalized spacial score (nSPS) is 19.9. The van der Waals surface area contributed by atoms with Gasteiger partial charge in [0.1, 0.15) is 0 Å². The minimum atomic E-state index is -0.366. The van der Waals surface area contributed by atoms with Crippen LogP contribution in [-0.2, 0) is 12.0 Å². The fourth-order valence-electron chi connectivity index (χ4n) is 8.72. The molecule has 240 valence electrons. The number of likely N-dealkylation sites (tertiary alicyclic amines) is 2. The number of piperidine rings is 2. The molecule has 7 rings (SSSR count). The van der Waals surface area contributed by atoms with E-state index in [1.165, 1.54) is 85.0 Å². The van der Waals surface area contributed by atoms with Crippen LogP contribution in [0.25, 0.3) is 0 Å². The lowest BCUT2D eigenvalue weighted by molar-refractivity contribution is 0.0421. The van der Waals surface area contributed by atoms with Crippen molar-refractivity contribution in [3.63, 3.8) is 0 Å². The van der Waals surface area contributed by atoms with Gasteiger partial charge in [-0.2, -0.15) is 0 Å². The van der Waals surface area contributed by atoms with E-state index < -0.39 is 0 Å². The van der Waals surface area contributed by atoms with Crippen molar-refractivity contribution in [3.8, 4) is 0 Å². The monoisotopic (exact) mass is 618 g/mol. The first-order chi connectivity index (χ1) is 23.2. The molecule has 0 amide bonds. The van der Waals surface area contributed by atoms with Crippen molar-refractivity contribution in [3.05, 3.63) is 179 Å². The molecule has 2 aliphatic heterocycles. The standard InChI is InChI=1S/C45H50N2/c1-36-15-14-18-39(33-36)40-27-32-47(44(35-40)28-31-46-29-25-38(26-30-46)34-37-16-6-2-7-17-37)45(41-19-8-3-9-20-41,42-21-10-4-11-22-42)43-23-12-5-13-24-43/h2-24,33,38,40,44H,25-32,34-35H2,1H3. The minimum Gasteiger partial charge on any atom is -0.303 e. The van der Waals surface area contributed by atoms with E-state index in [1.54, 1.807) is 0 Å². The molecule has 0 bridgehead atoms. The van der Waals surface area contributed by atoms with Crippen LogP contribution >= 0.6 is 0 Å². The van der Waals surface area contributed by atoms with Gasteiger partial charge in [0.2, 0.25) is 0 Å². The predicted octanol–water partition coefficient (Wildman–Crippen LogP) is 9.88. The van der Waals surface area contributed by atoms with E-state index >= 15 is 0 Å². The largest absolute Gasteiger partial charge is 0.303 e. The number of benzene rings is 5. The first kappa shape index (κ1) is 31.6. The summed E-state index contributed by atoms with van der Waals surface area (Å²) in [4.78, 5) is 5.69. The van der Waals surface area contributed by atoms with Crippen molar-refractivity contribution in [2.45, 2.75) is 62.9 Å². The summed E-state index contributed by atoms with van der Waals surface area (Å²) in [6.45, 7) is 6.89. The first-order valence-electron chi connectivity index (χ1n) is 18.0. The molecule has 2 heteroatoms. The van der Waals surface area contributed by atoms with Crippen LogP contribution in [0.1, 0.15) is 71.4 Å². The van der Waals surface area contributed by atoms with Gasteiger partial charge in [0.05, 0.1) is 5.54 Å². The average molecular weight is 619 g/mol. The molecular weight excluding hydrogens is 569 g/mol. The van der Waals surface area contributed by atoms with E-state index in [2.05, 4.69) is 162 Å². The molecule has 5 aromatic rings. The van der Waals surface area contributed by atoms with Gasteiger partial charge in [-0.25, -0.2) is 0 Å². The fraction of sp³-hybridized carbons (Fsp3) is 0.333. The first-order valence-corrected chi connectivity index (χ1v) is 18.0. The van der Waals surface area contributed by atoms with Crippen molar-refractivity contribution in [2.24, 2.45) is 5.92 Å². The molecule has 0 spiro atoms. The van der Waals surface area contributed by atoms with Gasteiger partial charge in [-0.3, -0.25) is 4.90 Å². The van der Waals surface area contributed by atoms with Crippen LogP contribution in [0.15, 0.2) is 146 Å². The maximum Gasteiger partial charge on any atom is 0.0975 e. The highest BCUT2D eigenvalue weighted by atomic mass is 15.2. The van der Waals surface area contributed by atoms with Crippen LogP contribution in [0.4, 0.5) is 0 Å². The van der Waals surface area contributed by atoms with Crippen LogP contribution in [0, 0.1) is 12.8 Å². The van der Waals surface area contributed by atoms with Crippen molar-refractivity contribution >= 4 is 0 Å². The second kappa shape index (κ2) is 14.8. The highest BCUT2D eigenvalue weighted by Gasteiger charge is 2.47. The van der Waals surface area contributed by atoms with Crippen LogP contribution in [-0.4, -0.2) is 42.0 Å². The third kappa shape index (κ3) is 7.00. The summed E-state index contributed by atoms with van der Waals surface area (Å²) in [5.74, 6) is 1.38. The zero-order valence-corrected chi connectivity index (χ0v) is 28.1. The molecule has 0 saturated carbocycles. The Morgan fingerprint density at radius 2 is 1.15 bits per heavy atom. The molecule has 0 N–H and O–H groups in total. The lowest BCUT2D eigenvalue weighted by atomic mass is 9.72. The Labute approximate surface area is 283 Å². The van der Waals surface area contributed by atoms with Crippen LogP contribution in [0.5, 0.6) is 0 Å². The molecular formula is C45H50N2. The van der Waals surface area contributed by atoms with Gasteiger partial charge in [0, 0.05) is 12.6 Å². The summed E-state index contributed by atoms with van der Waals surface area (Å²) in [5, 5.41) is 0. The molecule has 2 aliphatic rings. The van der Waals surface area contributed by atoms with Gasteiger partial charge in [-0.05, 0) is 105 Å². The average Bonchev–Trinajstić information content (AvgIpc) is 3.14. The molecule has 47 heavy (non-hydrogen) atoms. The summed E-state index contributed by atoms with van der Waals surface area (Å²) >= 11 is 0. The topological polar surface area (TPSA) is 6.48 Å². The third-order valence-electron chi connectivity index (χ3n) is 11.1. The minimum absolute atomic E-state index is 0.366. The summed E-state index contributed by atoms with van der Waals surface area (Å²) in [7, 11) is 0. The van der Waals surface area contributed by atoms with E-state index in [0.717, 1.165) is 19.0 Å². The molecule has 0 radical (unpaired) electrons. The molecule has 5 aromatic carbocycles. The summed E-state index contributed by atoms with van der Waals surface area (Å²) < 4.78 is 0. The van der Waals surface area contributed by atoms with E-state index in [1.807, 2.05) is 0 Å². The molecule has 2 atom stereocenters. The number of aryl methyl sites for hydroxylation is 1. The van der Waals surface area contributed by atoms with E-state index in [9.17, 15) is 0 Å². The number of rotatable bonds is 10. The van der Waals surface area contributed by atoms with Gasteiger partial charge in [-0.1, -0.05) is 151 Å². The maximum absolute atomic E-state index is 2.92. The Morgan fingerprint density at radius 1 is 0.596 bits per heavy atom. The van der Waals surface area contributed by atoms with Crippen LogP contribution in [0.3, 0.4) is 0 Å². The van der Waals surface area contributed by atoms with E-state index in [0.29, 0.717) is 12.0 Å². The number of nitrogens with zero attached hydrogens (tertiary/aromatic N) is 2. The highest BCUT2D eigenvalue weighted by molar-refractivity contribution is 5.50. The molecule has 2 unspecified atom stereocenters. The quantitative estimate of drug-likeness (QED) is 0.144. The van der Waals surface area contributed by atoms with Crippen molar-refractivity contribution < 1.29 is 0 Å². The second-order valence-corrected chi connectivity index (χ2v) is 14.1. The fourth-order valence-corrected chi connectivity index (χ4v) is 8.72. The Bertz CT molecular complexity index is 1560. The lowest BCUT2D eigenvalue weighted by Crippen LogP contribution is -2.56. The lowest BCUT2D eigenvalue weighted by Gasteiger charge is -2.53.